The van der Waals surface area contributed by atoms with E-state index in [4.69, 9.17) is 4.74 Å². The Morgan fingerprint density at radius 2 is 1.82 bits per heavy atom. The Balaban J connectivity index is 3.02. The normalized spacial score (nSPS) is 12.0. The fourth-order valence-electron chi connectivity index (χ4n) is 0.835. The molecule has 0 aromatic rings. The first-order valence-electron chi connectivity index (χ1n) is 4.30. The number of rotatable bonds is 5. The van der Waals surface area contributed by atoms with Crippen LogP contribution in [-0.2, 0) is 4.74 Å². The van der Waals surface area contributed by atoms with Gasteiger partial charge in [-0.15, -0.1) is 0 Å². The molecule has 0 heterocycles. The summed E-state index contributed by atoms with van der Waals surface area (Å²) in [6.45, 7) is 8.52. The average molecular weight is 159 g/mol. The van der Waals surface area contributed by atoms with Crippen molar-refractivity contribution in [3.8, 4) is 0 Å². The lowest BCUT2D eigenvalue weighted by atomic mass is 10.1. The summed E-state index contributed by atoms with van der Waals surface area (Å²) >= 11 is 0. The van der Waals surface area contributed by atoms with Gasteiger partial charge in [0, 0.05) is 19.3 Å². The zero-order valence-corrected chi connectivity index (χ0v) is 8.24. The first-order chi connectivity index (χ1) is 5.06. The molecule has 0 atom stereocenters. The molecule has 0 aliphatic carbocycles. The van der Waals surface area contributed by atoms with Crippen LogP contribution in [0.25, 0.3) is 0 Å². The third-order valence-electron chi connectivity index (χ3n) is 1.43. The molecule has 0 radical (unpaired) electrons. The minimum absolute atomic E-state index is 0.257. The van der Waals surface area contributed by atoms with Crippen molar-refractivity contribution in [2.75, 3.05) is 20.3 Å². The lowest BCUT2D eigenvalue weighted by Gasteiger charge is -2.20. The van der Waals surface area contributed by atoms with E-state index in [9.17, 15) is 0 Å². The van der Waals surface area contributed by atoms with Gasteiger partial charge in [-0.25, -0.2) is 0 Å². The van der Waals surface area contributed by atoms with Gasteiger partial charge in [-0.1, -0.05) is 0 Å². The lowest BCUT2D eigenvalue weighted by Crippen LogP contribution is -2.36. The van der Waals surface area contributed by atoms with E-state index in [0.29, 0.717) is 0 Å². The second-order valence-electron chi connectivity index (χ2n) is 3.88. The van der Waals surface area contributed by atoms with Crippen molar-refractivity contribution in [3.63, 3.8) is 0 Å². The van der Waals surface area contributed by atoms with Gasteiger partial charge in [0.05, 0.1) is 0 Å². The summed E-state index contributed by atoms with van der Waals surface area (Å²) in [5.41, 5.74) is 0.257. The Morgan fingerprint density at radius 1 is 1.18 bits per heavy atom. The van der Waals surface area contributed by atoms with Crippen LogP contribution in [0.2, 0.25) is 0 Å². The van der Waals surface area contributed by atoms with E-state index in [0.717, 1.165) is 19.6 Å². The molecule has 0 unspecified atom stereocenters. The number of ether oxygens (including phenoxy) is 1. The molecule has 0 spiro atoms. The summed E-state index contributed by atoms with van der Waals surface area (Å²) < 4.78 is 4.95. The Morgan fingerprint density at radius 3 is 2.27 bits per heavy atom. The lowest BCUT2D eigenvalue weighted by molar-refractivity contribution is 0.191. The van der Waals surface area contributed by atoms with Crippen molar-refractivity contribution in [3.05, 3.63) is 0 Å². The van der Waals surface area contributed by atoms with Crippen molar-refractivity contribution >= 4 is 0 Å². The fourth-order valence-corrected chi connectivity index (χ4v) is 0.835. The maximum absolute atomic E-state index is 4.95. The average Bonchev–Trinajstić information content (AvgIpc) is 1.85. The van der Waals surface area contributed by atoms with Gasteiger partial charge in [-0.2, -0.15) is 0 Å². The third kappa shape index (κ3) is 9.92. The molecule has 0 rings (SSSR count). The highest BCUT2D eigenvalue weighted by molar-refractivity contribution is 4.69. The van der Waals surface area contributed by atoms with E-state index in [1.807, 2.05) is 0 Å². The smallest absolute Gasteiger partial charge is 0.0462 e. The molecule has 2 heteroatoms. The monoisotopic (exact) mass is 159 g/mol. The predicted octanol–water partition coefficient (Wildman–Crippen LogP) is 1.80. The van der Waals surface area contributed by atoms with Gasteiger partial charge in [-0.05, 0) is 40.2 Å². The first kappa shape index (κ1) is 10.9. The maximum atomic E-state index is 4.95. The second-order valence-corrected chi connectivity index (χ2v) is 3.88. The molecule has 68 valence electrons. The highest BCUT2D eigenvalue weighted by Crippen LogP contribution is 1.98. The predicted molar refractivity (Wildman–Crippen MR) is 48.9 cm³/mol. The number of hydrogen-bond acceptors (Lipinski definition) is 2. The van der Waals surface area contributed by atoms with Crippen LogP contribution < -0.4 is 5.32 Å². The molecule has 11 heavy (non-hydrogen) atoms. The van der Waals surface area contributed by atoms with Crippen LogP contribution in [0, 0.1) is 0 Å². The molecule has 0 aromatic carbocycles. The van der Waals surface area contributed by atoms with Crippen LogP contribution in [0.15, 0.2) is 0 Å². The quantitative estimate of drug-likeness (QED) is 0.618. The van der Waals surface area contributed by atoms with E-state index < -0.39 is 0 Å². The minimum Gasteiger partial charge on any atom is -0.385 e. The summed E-state index contributed by atoms with van der Waals surface area (Å²) in [5, 5.41) is 3.43. The second kappa shape index (κ2) is 5.56. The highest BCUT2D eigenvalue weighted by atomic mass is 16.5. The van der Waals surface area contributed by atoms with Crippen molar-refractivity contribution in [1.29, 1.82) is 0 Å². The molecular formula is C9H21NO. The molecule has 0 saturated heterocycles. The van der Waals surface area contributed by atoms with Crippen LogP contribution in [0.5, 0.6) is 0 Å². The van der Waals surface area contributed by atoms with Crippen molar-refractivity contribution < 1.29 is 4.74 Å². The van der Waals surface area contributed by atoms with Crippen LogP contribution in [-0.4, -0.2) is 25.8 Å². The van der Waals surface area contributed by atoms with Crippen molar-refractivity contribution in [2.24, 2.45) is 0 Å². The zero-order valence-electron chi connectivity index (χ0n) is 8.24. The standard InChI is InChI=1S/C9H21NO/c1-9(2,3)10-7-5-6-8-11-4/h10H,5-8H2,1-4H3. The van der Waals surface area contributed by atoms with Crippen LogP contribution >= 0.6 is 0 Å². The summed E-state index contributed by atoms with van der Waals surface area (Å²) in [5.74, 6) is 0. The minimum atomic E-state index is 0.257. The van der Waals surface area contributed by atoms with E-state index in [2.05, 4.69) is 26.1 Å². The molecule has 0 aromatic heterocycles. The largest absolute Gasteiger partial charge is 0.385 e. The number of methoxy groups -OCH3 is 1. The van der Waals surface area contributed by atoms with Gasteiger partial charge in [-0.3, -0.25) is 0 Å². The van der Waals surface area contributed by atoms with Crippen molar-refractivity contribution in [2.45, 2.75) is 39.2 Å². The van der Waals surface area contributed by atoms with E-state index >= 15 is 0 Å². The summed E-state index contributed by atoms with van der Waals surface area (Å²) in [4.78, 5) is 0. The van der Waals surface area contributed by atoms with Gasteiger partial charge in [0.15, 0.2) is 0 Å². The van der Waals surface area contributed by atoms with Gasteiger partial charge >= 0.3 is 0 Å². The topological polar surface area (TPSA) is 21.3 Å². The van der Waals surface area contributed by atoms with E-state index in [1.54, 1.807) is 7.11 Å². The summed E-state index contributed by atoms with van der Waals surface area (Å²) in [6, 6.07) is 0. The fraction of sp³-hybridized carbons (Fsp3) is 1.00. The molecule has 0 amide bonds. The third-order valence-corrected chi connectivity index (χ3v) is 1.43. The molecule has 0 aliphatic heterocycles. The Kier molecular flexibility index (Phi) is 5.51. The van der Waals surface area contributed by atoms with Gasteiger partial charge in [0.25, 0.3) is 0 Å². The Bertz CT molecular complexity index is 86.1. The maximum Gasteiger partial charge on any atom is 0.0462 e. The van der Waals surface area contributed by atoms with Gasteiger partial charge in [0.1, 0.15) is 0 Å². The number of nitrogens with one attached hydrogen (secondary N) is 1. The summed E-state index contributed by atoms with van der Waals surface area (Å²) in [6.07, 6.45) is 2.35. The van der Waals surface area contributed by atoms with E-state index in [-0.39, 0.29) is 5.54 Å². The number of unbranched alkanes of at least 4 members (excludes halogenated alkanes) is 1. The van der Waals surface area contributed by atoms with Crippen molar-refractivity contribution in [1.82, 2.24) is 5.32 Å². The molecule has 0 fully saturated rings. The highest BCUT2D eigenvalue weighted by Gasteiger charge is 2.06. The summed E-state index contributed by atoms with van der Waals surface area (Å²) in [7, 11) is 1.75. The van der Waals surface area contributed by atoms with E-state index in [1.165, 1.54) is 6.42 Å². The first-order valence-corrected chi connectivity index (χ1v) is 4.30. The molecule has 2 nitrogen and oxygen atoms in total. The van der Waals surface area contributed by atoms with Gasteiger partial charge < -0.3 is 10.1 Å². The Labute approximate surface area is 70.3 Å². The molecule has 0 aliphatic rings. The zero-order chi connectivity index (χ0) is 8.74. The Hall–Kier alpha value is -0.0800. The van der Waals surface area contributed by atoms with Crippen LogP contribution in [0.1, 0.15) is 33.6 Å². The van der Waals surface area contributed by atoms with Crippen LogP contribution in [0.3, 0.4) is 0 Å². The SMILES string of the molecule is COCCCCNC(C)(C)C. The molecular weight excluding hydrogens is 138 g/mol. The molecule has 0 saturated carbocycles. The molecule has 1 N–H and O–H groups in total. The van der Waals surface area contributed by atoms with Gasteiger partial charge in [0.2, 0.25) is 0 Å². The molecule has 0 bridgehead atoms. The van der Waals surface area contributed by atoms with Crippen LogP contribution in [0.4, 0.5) is 0 Å². The number of hydrogen-bond donors (Lipinski definition) is 1.